The molecule has 45 heavy (non-hydrogen) atoms. The van der Waals surface area contributed by atoms with Gasteiger partial charge in [-0.3, -0.25) is 14.8 Å². The van der Waals surface area contributed by atoms with Crippen LogP contribution < -0.4 is 10.8 Å². The van der Waals surface area contributed by atoms with Gasteiger partial charge in [-0.05, 0) is 99.6 Å². The molecule has 5 rings (SSSR count). The third-order valence-corrected chi connectivity index (χ3v) is 8.55. The van der Waals surface area contributed by atoms with Crippen molar-refractivity contribution in [3.05, 3.63) is 70.8 Å². The molecule has 0 aromatic heterocycles. The molecule has 3 aliphatic rings. The summed E-state index contributed by atoms with van der Waals surface area (Å²) in [4.78, 5) is 37.4. The van der Waals surface area contributed by atoms with Gasteiger partial charge in [0, 0.05) is 36.2 Å². The van der Waals surface area contributed by atoms with Gasteiger partial charge in [0.15, 0.2) is 0 Å². The van der Waals surface area contributed by atoms with Crippen LogP contribution in [-0.4, -0.2) is 103 Å². The fourth-order valence-electron chi connectivity index (χ4n) is 5.74. The van der Waals surface area contributed by atoms with Crippen LogP contribution in [0.5, 0.6) is 0 Å². The summed E-state index contributed by atoms with van der Waals surface area (Å²) < 4.78 is 37.1. The Morgan fingerprint density at radius 1 is 0.911 bits per heavy atom. The number of hydrogen-bond donors (Lipinski definition) is 4. The van der Waals surface area contributed by atoms with Crippen molar-refractivity contribution in [1.82, 2.24) is 20.6 Å². The van der Waals surface area contributed by atoms with E-state index in [0.717, 1.165) is 50.5 Å². The van der Waals surface area contributed by atoms with E-state index in [0.29, 0.717) is 43.8 Å². The Morgan fingerprint density at radius 3 is 2.09 bits per heavy atom. The second-order valence-electron chi connectivity index (χ2n) is 11.7. The molecule has 1 aliphatic carbocycles. The Kier molecular flexibility index (Phi) is 12.3. The lowest BCUT2D eigenvalue weighted by Gasteiger charge is -2.32. The zero-order chi connectivity index (χ0) is 32.4. The van der Waals surface area contributed by atoms with Gasteiger partial charge in [0.1, 0.15) is 0 Å². The maximum Gasteiger partial charge on any atom is 0.490 e. The number of carbonyl (C=O) groups is 3. The number of benzene rings is 2. The largest absolute Gasteiger partial charge is 0.490 e. The summed E-state index contributed by atoms with van der Waals surface area (Å²) in [6, 6.07) is 16.3. The molecule has 2 saturated heterocycles. The number of carboxylic acid groups (broad SMARTS) is 1. The molecule has 2 unspecified atom stereocenters. The molecular formula is C32H41F3N4O6. The van der Waals surface area contributed by atoms with E-state index in [9.17, 15) is 22.8 Å². The number of ether oxygens (including phenoxy) is 1. The normalized spacial score (nSPS) is 20.6. The first kappa shape index (κ1) is 34.4. The molecule has 2 amide bonds. The molecule has 0 spiro atoms. The highest BCUT2D eigenvalue weighted by atomic mass is 19.4. The second-order valence-corrected chi connectivity index (χ2v) is 11.7. The number of hydroxylamine groups is 1. The lowest BCUT2D eigenvalue weighted by Crippen LogP contribution is -2.40. The summed E-state index contributed by atoms with van der Waals surface area (Å²) >= 11 is 0. The monoisotopic (exact) mass is 634 g/mol. The minimum Gasteiger partial charge on any atom is -0.475 e. The number of nitrogens with one attached hydrogen (secondary N) is 2. The van der Waals surface area contributed by atoms with Crippen molar-refractivity contribution in [2.45, 2.75) is 50.2 Å². The van der Waals surface area contributed by atoms with E-state index in [4.69, 9.17) is 19.8 Å². The van der Waals surface area contributed by atoms with Gasteiger partial charge < -0.3 is 25.0 Å². The molecular weight excluding hydrogens is 593 g/mol. The Bertz CT molecular complexity index is 1260. The molecule has 2 aromatic rings. The Hall–Kier alpha value is -3.52. The number of aliphatic carboxylic acids is 1. The highest BCUT2D eigenvalue weighted by molar-refractivity contribution is 5.94. The third-order valence-electron chi connectivity index (χ3n) is 8.55. The molecule has 3 fully saturated rings. The molecule has 246 valence electrons. The number of amides is 2. The van der Waals surface area contributed by atoms with Crippen LogP contribution in [0.4, 0.5) is 13.2 Å². The van der Waals surface area contributed by atoms with E-state index in [1.165, 1.54) is 30.4 Å². The SMILES string of the molecule is O=C(NO)c1ccc(CCCN2CCC(CNC3CC3c3ccc(C(=O)N4CCOCC4)cc3)CC2)cc1.O=C(O)C(F)(F)F. The van der Waals surface area contributed by atoms with Gasteiger partial charge in [-0.1, -0.05) is 24.3 Å². The highest BCUT2D eigenvalue weighted by Crippen LogP contribution is 2.41. The Labute approximate surface area is 260 Å². The number of morpholine rings is 1. The van der Waals surface area contributed by atoms with Crippen molar-refractivity contribution in [2.24, 2.45) is 5.92 Å². The van der Waals surface area contributed by atoms with E-state index < -0.39 is 18.1 Å². The molecule has 4 N–H and O–H groups in total. The van der Waals surface area contributed by atoms with Crippen molar-refractivity contribution < 1.29 is 42.6 Å². The highest BCUT2D eigenvalue weighted by Gasteiger charge is 2.39. The minimum atomic E-state index is -5.08. The van der Waals surface area contributed by atoms with Gasteiger partial charge in [0.25, 0.3) is 11.8 Å². The Balaban J connectivity index is 0.000000591. The molecule has 1 saturated carbocycles. The third kappa shape index (κ3) is 10.5. The van der Waals surface area contributed by atoms with Crippen LogP contribution in [0, 0.1) is 5.92 Å². The first-order valence-corrected chi connectivity index (χ1v) is 15.3. The number of hydrogen-bond acceptors (Lipinski definition) is 7. The number of piperidine rings is 1. The van der Waals surface area contributed by atoms with Crippen LogP contribution in [0.3, 0.4) is 0 Å². The number of halogens is 3. The van der Waals surface area contributed by atoms with Crippen LogP contribution in [0.25, 0.3) is 0 Å². The molecule has 13 heteroatoms. The van der Waals surface area contributed by atoms with Gasteiger partial charge in [-0.2, -0.15) is 13.2 Å². The summed E-state index contributed by atoms with van der Waals surface area (Å²) in [5, 5.41) is 19.7. The number of rotatable bonds is 10. The van der Waals surface area contributed by atoms with E-state index >= 15 is 0 Å². The van der Waals surface area contributed by atoms with Crippen LogP contribution in [0.1, 0.15) is 63.4 Å². The van der Waals surface area contributed by atoms with E-state index in [1.54, 1.807) is 17.6 Å². The summed E-state index contributed by atoms with van der Waals surface area (Å²) in [6.07, 6.45) is 0.686. The predicted octanol–water partition coefficient (Wildman–Crippen LogP) is 3.70. The van der Waals surface area contributed by atoms with Crippen molar-refractivity contribution in [3.63, 3.8) is 0 Å². The summed E-state index contributed by atoms with van der Waals surface area (Å²) in [5.74, 6) is -1.81. The van der Waals surface area contributed by atoms with Crippen molar-refractivity contribution in [1.29, 1.82) is 0 Å². The average Bonchev–Trinajstić information content (AvgIpc) is 3.84. The maximum absolute atomic E-state index is 12.7. The van der Waals surface area contributed by atoms with Gasteiger partial charge in [0.05, 0.1) is 13.2 Å². The van der Waals surface area contributed by atoms with Gasteiger partial charge in [-0.15, -0.1) is 0 Å². The maximum atomic E-state index is 12.7. The zero-order valence-electron chi connectivity index (χ0n) is 25.1. The number of aryl methyl sites for hydroxylation is 1. The summed E-state index contributed by atoms with van der Waals surface area (Å²) in [6.45, 7) is 7.13. The molecule has 2 heterocycles. The molecule has 2 aromatic carbocycles. The fraction of sp³-hybridized carbons (Fsp3) is 0.531. The molecule has 0 radical (unpaired) electrons. The topological polar surface area (TPSA) is 131 Å². The van der Waals surface area contributed by atoms with E-state index in [1.807, 2.05) is 29.2 Å². The zero-order valence-corrected chi connectivity index (χ0v) is 25.1. The van der Waals surface area contributed by atoms with Gasteiger partial charge in [-0.25, -0.2) is 10.3 Å². The fourth-order valence-corrected chi connectivity index (χ4v) is 5.74. The van der Waals surface area contributed by atoms with Crippen LogP contribution >= 0.6 is 0 Å². The summed E-state index contributed by atoms with van der Waals surface area (Å²) in [7, 11) is 0. The number of carbonyl (C=O) groups excluding carboxylic acids is 2. The Morgan fingerprint density at radius 2 is 1.51 bits per heavy atom. The number of alkyl halides is 3. The quantitative estimate of drug-likeness (QED) is 0.230. The number of likely N-dealkylation sites (tertiary alicyclic amines) is 1. The minimum absolute atomic E-state index is 0.111. The molecule has 2 atom stereocenters. The van der Waals surface area contributed by atoms with Crippen molar-refractivity contribution in [2.75, 3.05) is 52.5 Å². The number of carboxylic acids is 1. The first-order valence-electron chi connectivity index (χ1n) is 15.3. The van der Waals surface area contributed by atoms with Crippen molar-refractivity contribution >= 4 is 17.8 Å². The molecule has 10 nitrogen and oxygen atoms in total. The predicted molar refractivity (Wildman–Crippen MR) is 159 cm³/mol. The van der Waals surface area contributed by atoms with Gasteiger partial charge >= 0.3 is 12.1 Å². The van der Waals surface area contributed by atoms with Crippen molar-refractivity contribution in [3.8, 4) is 0 Å². The number of nitrogens with zero attached hydrogens (tertiary/aromatic N) is 2. The van der Waals surface area contributed by atoms with Crippen LogP contribution in [0.15, 0.2) is 48.5 Å². The lowest BCUT2D eigenvalue weighted by molar-refractivity contribution is -0.192. The molecule has 2 aliphatic heterocycles. The average molecular weight is 635 g/mol. The van der Waals surface area contributed by atoms with Gasteiger partial charge in [0.2, 0.25) is 0 Å². The summed E-state index contributed by atoms with van der Waals surface area (Å²) in [5.41, 5.74) is 5.47. The second kappa shape index (κ2) is 16.2. The molecule has 0 bridgehead atoms. The standard InChI is InChI=1S/C30H40N4O4.C2HF3O2/c35-29(32-37)25-5-3-22(4-6-25)2-1-13-33-14-11-23(12-15-33)21-31-28-20-27(28)24-7-9-26(10-8-24)30(36)34-16-18-38-19-17-34;3-2(4,5)1(6)7/h3-10,23,27-28,31,37H,1-2,11-21H2,(H,32,35);(H,6,7). The smallest absolute Gasteiger partial charge is 0.475 e. The van der Waals surface area contributed by atoms with E-state index in [2.05, 4.69) is 22.3 Å². The lowest BCUT2D eigenvalue weighted by atomic mass is 9.96. The van der Waals surface area contributed by atoms with Crippen LogP contribution in [-0.2, 0) is 16.0 Å². The first-order chi connectivity index (χ1) is 21.5. The van der Waals surface area contributed by atoms with E-state index in [-0.39, 0.29) is 5.91 Å². The van der Waals surface area contributed by atoms with Crippen LogP contribution in [0.2, 0.25) is 0 Å².